The highest BCUT2D eigenvalue weighted by Gasteiger charge is 2.28. The first-order valence-electron chi connectivity index (χ1n) is 5.46. The van der Waals surface area contributed by atoms with Gasteiger partial charge in [-0.1, -0.05) is 0 Å². The van der Waals surface area contributed by atoms with Gasteiger partial charge in [-0.3, -0.25) is 4.79 Å². The minimum Gasteiger partial charge on any atom is -0.368 e. The summed E-state index contributed by atoms with van der Waals surface area (Å²) in [5.41, 5.74) is 5.48. The topological polar surface area (TPSA) is 92.9 Å². The summed E-state index contributed by atoms with van der Waals surface area (Å²) in [5.74, 6) is 1.25. The fourth-order valence-electron chi connectivity index (χ4n) is 1.36. The number of hydrogen-bond donors (Lipinski definition) is 3. The molecule has 0 radical (unpaired) electrons. The molecule has 0 bridgehead atoms. The zero-order valence-electron chi connectivity index (χ0n) is 9.24. The van der Waals surface area contributed by atoms with Crippen molar-refractivity contribution in [2.45, 2.75) is 12.8 Å². The molecule has 6 nitrogen and oxygen atoms in total. The van der Waals surface area contributed by atoms with Crippen molar-refractivity contribution in [3.05, 3.63) is 10.7 Å². The quantitative estimate of drug-likeness (QED) is 0.698. The molecule has 0 aliphatic heterocycles. The molecule has 0 aromatic carbocycles. The van der Waals surface area contributed by atoms with Gasteiger partial charge in [-0.15, -0.1) is 0 Å². The van der Waals surface area contributed by atoms with Crippen LogP contribution >= 0.6 is 15.9 Å². The first kappa shape index (κ1) is 12.1. The standard InChI is InChI=1S/C10H14BrN5O/c11-7-5-15-10(12)16-8(7)13-3-4-14-9(17)6-1-2-6/h5-6H,1-4H2,(H,14,17)(H3,12,13,15,16). The molecule has 2 rings (SSSR count). The Bertz CT molecular complexity index is 421. The molecule has 1 fully saturated rings. The Kier molecular flexibility index (Phi) is 3.78. The molecule has 0 spiro atoms. The third kappa shape index (κ3) is 3.55. The van der Waals surface area contributed by atoms with Gasteiger partial charge in [0, 0.05) is 25.2 Å². The number of anilines is 2. The van der Waals surface area contributed by atoms with Gasteiger partial charge in [-0.05, 0) is 28.8 Å². The maximum Gasteiger partial charge on any atom is 0.223 e. The molecular weight excluding hydrogens is 286 g/mol. The van der Waals surface area contributed by atoms with Crippen LogP contribution in [0, 0.1) is 5.92 Å². The first-order valence-corrected chi connectivity index (χ1v) is 6.25. The summed E-state index contributed by atoms with van der Waals surface area (Å²) in [5, 5.41) is 5.93. The number of aromatic nitrogens is 2. The second kappa shape index (κ2) is 5.31. The van der Waals surface area contributed by atoms with Crippen LogP contribution in [0.25, 0.3) is 0 Å². The maximum atomic E-state index is 11.3. The van der Waals surface area contributed by atoms with Gasteiger partial charge < -0.3 is 16.4 Å². The summed E-state index contributed by atoms with van der Waals surface area (Å²) in [6.45, 7) is 1.18. The van der Waals surface area contributed by atoms with Crippen LogP contribution in [0.5, 0.6) is 0 Å². The average molecular weight is 300 g/mol. The van der Waals surface area contributed by atoms with E-state index in [0.29, 0.717) is 18.9 Å². The highest BCUT2D eigenvalue weighted by molar-refractivity contribution is 9.10. The summed E-state index contributed by atoms with van der Waals surface area (Å²) in [7, 11) is 0. The van der Waals surface area contributed by atoms with Gasteiger partial charge in [0.1, 0.15) is 5.82 Å². The molecule has 0 saturated heterocycles. The Morgan fingerprint density at radius 2 is 2.29 bits per heavy atom. The molecule has 4 N–H and O–H groups in total. The molecule has 1 heterocycles. The van der Waals surface area contributed by atoms with E-state index in [-0.39, 0.29) is 17.8 Å². The van der Waals surface area contributed by atoms with E-state index in [0.717, 1.165) is 17.3 Å². The van der Waals surface area contributed by atoms with Crippen LogP contribution < -0.4 is 16.4 Å². The summed E-state index contributed by atoms with van der Waals surface area (Å²) < 4.78 is 0.750. The average Bonchev–Trinajstić information content (AvgIpc) is 3.12. The van der Waals surface area contributed by atoms with E-state index in [9.17, 15) is 4.79 Å². The molecule has 0 atom stereocenters. The highest BCUT2D eigenvalue weighted by atomic mass is 79.9. The number of halogens is 1. The van der Waals surface area contributed by atoms with Gasteiger partial charge in [0.15, 0.2) is 0 Å². The molecular formula is C10H14BrN5O. The molecule has 1 aliphatic rings. The Labute approximate surface area is 108 Å². The number of nitrogens with zero attached hydrogens (tertiary/aromatic N) is 2. The smallest absolute Gasteiger partial charge is 0.223 e. The number of nitrogens with two attached hydrogens (primary N) is 1. The molecule has 7 heteroatoms. The van der Waals surface area contributed by atoms with E-state index >= 15 is 0 Å². The van der Waals surface area contributed by atoms with Crippen LogP contribution in [0.4, 0.5) is 11.8 Å². The third-order valence-corrected chi connectivity index (χ3v) is 3.01. The maximum absolute atomic E-state index is 11.3. The largest absolute Gasteiger partial charge is 0.368 e. The number of rotatable bonds is 5. The Morgan fingerprint density at radius 3 is 3.00 bits per heavy atom. The van der Waals surface area contributed by atoms with Crippen LogP contribution in [-0.2, 0) is 4.79 Å². The molecule has 1 saturated carbocycles. The van der Waals surface area contributed by atoms with Crippen LogP contribution in [0.1, 0.15) is 12.8 Å². The minimum atomic E-state index is 0.146. The zero-order chi connectivity index (χ0) is 12.3. The predicted octanol–water partition coefficient (Wildman–Crippen LogP) is 0.759. The van der Waals surface area contributed by atoms with Gasteiger partial charge in [0.05, 0.1) is 4.47 Å². The molecule has 0 unspecified atom stereocenters. The van der Waals surface area contributed by atoms with E-state index < -0.39 is 0 Å². The van der Waals surface area contributed by atoms with E-state index in [1.54, 1.807) is 6.20 Å². The summed E-state index contributed by atoms with van der Waals surface area (Å²) in [6.07, 6.45) is 3.63. The van der Waals surface area contributed by atoms with Gasteiger partial charge in [0.25, 0.3) is 0 Å². The monoisotopic (exact) mass is 299 g/mol. The fraction of sp³-hybridized carbons (Fsp3) is 0.500. The SMILES string of the molecule is Nc1ncc(Br)c(NCCNC(=O)C2CC2)n1. The normalized spacial score (nSPS) is 14.4. The third-order valence-electron chi connectivity index (χ3n) is 2.43. The van der Waals surface area contributed by atoms with E-state index in [2.05, 4.69) is 36.5 Å². The van der Waals surface area contributed by atoms with Crippen molar-refractivity contribution >= 4 is 33.6 Å². The zero-order valence-corrected chi connectivity index (χ0v) is 10.8. The Hall–Kier alpha value is -1.37. The van der Waals surface area contributed by atoms with Crippen LogP contribution in [0.2, 0.25) is 0 Å². The lowest BCUT2D eigenvalue weighted by atomic mass is 10.4. The molecule has 1 amide bonds. The summed E-state index contributed by atoms with van der Waals surface area (Å²) >= 11 is 3.31. The minimum absolute atomic E-state index is 0.146. The second-order valence-corrected chi connectivity index (χ2v) is 4.77. The predicted molar refractivity (Wildman–Crippen MR) is 68.4 cm³/mol. The fourth-order valence-corrected chi connectivity index (χ4v) is 1.69. The number of carbonyl (C=O) groups excluding carboxylic acids is 1. The van der Waals surface area contributed by atoms with Crippen molar-refractivity contribution in [3.63, 3.8) is 0 Å². The van der Waals surface area contributed by atoms with Crippen LogP contribution in [0.3, 0.4) is 0 Å². The number of nitrogen functional groups attached to an aromatic ring is 1. The molecule has 17 heavy (non-hydrogen) atoms. The highest BCUT2D eigenvalue weighted by Crippen LogP contribution is 2.28. The van der Waals surface area contributed by atoms with Crippen molar-refractivity contribution in [1.82, 2.24) is 15.3 Å². The first-order chi connectivity index (χ1) is 8.16. The van der Waals surface area contributed by atoms with Gasteiger partial charge in [-0.2, -0.15) is 4.98 Å². The summed E-state index contributed by atoms with van der Waals surface area (Å²) in [6, 6.07) is 0. The Morgan fingerprint density at radius 1 is 1.53 bits per heavy atom. The lowest BCUT2D eigenvalue weighted by molar-refractivity contribution is -0.122. The van der Waals surface area contributed by atoms with E-state index in [4.69, 9.17) is 5.73 Å². The number of carbonyl (C=O) groups is 1. The van der Waals surface area contributed by atoms with Crippen molar-refractivity contribution in [2.75, 3.05) is 24.1 Å². The van der Waals surface area contributed by atoms with Gasteiger partial charge in [0.2, 0.25) is 11.9 Å². The van der Waals surface area contributed by atoms with Crippen molar-refractivity contribution < 1.29 is 4.79 Å². The van der Waals surface area contributed by atoms with Gasteiger partial charge >= 0.3 is 0 Å². The van der Waals surface area contributed by atoms with Gasteiger partial charge in [-0.25, -0.2) is 4.98 Å². The van der Waals surface area contributed by atoms with Crippen molar-refractivity contribution in [3.8, 4) is 0 Å². The lowest BCUT2D eigenvalue weighted by Gasteiger charge is -2.08. The molecule has 1 aliphatic carbocycles. The lowest BCUT2D eigenvalue weighted by Crippen LogP contribution is -2.30. The number of hydrogen-bond acceptors (Lipinski definition) is 5. The number of amides is 1. The van der Waals surface area contributed by atoms with Crippen LogP contribution in [-0.4, -0.2) is 29.0 Å². The molecule has 92 valence electrons. The molecule has 1 aromatic heterocycles. The van der Waals surface area contributed by atoms with E-state index in [1.807, 2.05) is 0 Å². The van der Waals surface area contributed by atoms with Crippen LogP contribution in [0.15, 0.2) is 10.7 Å². The van der Waals surface area contributed by atoms with Crippen molar-refractivity contribution in [1.29, 1.82) is 0 Å². The molecule has 1 aromatic rings. The number of nitrogens with one attached hydrogen (secondary N) is 2. The van der Waals surface area contributed by atoms with E-state index in [1.165, 1.54) is 0 Å². The van der Waals surface area contributed by atoms with Crippen molar-refractivity contribution in [2.24, 2.45) is 5.92 Å². The summed E-state index contributed by atoms with van der Waals surface area (Å²) in [4.78, 5) is 19.2. The Balaban J connectivity index is 1.73. The second-order valence-electron chi connectivity index (χ2n) is 3.92.